The Morgan fingerprint density at radius 3 is 2.53 bits per heavy atom. The standard InChI is InChI=1S/C10H16BNO4S/c1-9(2)8-12-17(13,14)16-11-15-10-6-4-3-5-7-10/h3-7,9,11-12H,8H2,1-2H3. The molecule has 0 radical (unpaired) electrons. The highest BCUT2D eigenvalue weighted by Gasteiger charge is 2.12. The average molecular weight is 257 g/mol. The molecule has 1 aromatic carbocycles. The van der Waals surface area contributed by atoms with E-state index in [1.54, 1.807) is 24.3 Å². The van der Waals surface area contributed by atoms with Crippen LogP contribution in [0.2, 0.25) is 0 Å². The molecule has 0 aliphatic rings. The van der Waals surface area contributed by atoms with Crippen molar-refractivity contribution in [2.24, 2.45) is 5.92 Å². The molecule has 1 N–H and O–H groups in total. The van der Waals surface area contributed by atoms with E-state index in [-0.39, 0.29) is 13.6 Å². The Bertz CT molecular complexity index is 421. The number of para-hydroxylation sites is 1. The van der Waals surface area contributed by atoms with E-state index in [0.717, 1.165) is 0 Å². The lowest BCUT2D eigenvalue weighted by Gasteiger charge is -2.09. The SMILES string of the molecule is CC(C)CNS(=O)(=O)OBOc1ccccc1. The normalized spacial score (nSPS) is 11.5. The van der Waals surface area contributed by atoms with E-state index in [2.05, 4.69) is 8.82 Å². The third kappa shape index (κ3) is 6.30. The van der Waals surface area contributed by atoms with Gasteiger partial charge in [0.1, 0.15) is 5.75 Å². The van der Waals surface area contributed by atoms with E-state index in [0.29, 0.717) is 12.3 Å². The second-order valence-electron chi connectivity index (χ2n) is 3.89. The van der Waals surface area contributed by atoms with Crippen molar-refractivity contribution >= 4 is 18.0 Å². The number of hydrogen-bond acceptors (Lipinski definition) is 4. The third-order valence-corrected chi connectivity index (χ3v) is 2.77. The van der Waals surface area contributed by atoms with Crippen molar-refractivity contribution in [1.29, 1.82) is 0 Å². The van der Waals surface area contributed by atoms with E-state index in [1.165, 1.54) is 0 Å². The maximum absolute atomic E-state index is 11.3. The van der Waals surface area contributed by atoms with Crippen molar-refractivity contribution in [3.05, 3.63) is 30.3 Å². The van der Waals surface area contributed by atoms with Crippen LogP contribution in [-0.2, 0) is 14.4 Å². The molecule has 0 heterocycles. The van der Waals surface area contributed by atoms with Gasteiger partial charge in [0, 0.05) is 6.54 Å². The zero-order valence-electron chi connectivity index (χ0n) is 9.92. The molecule has 0 bridgehead atoms. The molecule has 1 aromatic rings. The molecule has 0 fully saturated rings. The second-order valence-corrected chi connectivity index (χ2v) is 5.32. The predicted molar refractivity (Wildman–Crippen MR) is 67.1 cm³/mol. The summed E-state index contributed by atoms with van der Waals surface area (Å²) in [6.45, 7) is 4.15. The Balaban J connectivity index is 2.31. The van der Waals surface area contributed by atoms with Crippen LogP contribution in [0, 0.1) is 5.92 Å². The zero-order chi connectivity index (χ0) is 12.7. The van der Waals surface area contributed by atoms with Gasteiger partial charge < -0.3 is 4.65 Å². The Kier molecular flexibility index (Phi) is 5.47. The molecule has 1 rings (SSSR count). The van der Waals surface area contributed by atoms with Gasteiger partial charge in [0.2, 0.25) is 0 Å². The third-order valence-electron chi connectivity index (χ3n) is 1.84. The maximum Gasteiger partial charge on any atom is 0.523 e. The van der Waals surface area contributed by atoms with Crippen LogP contribution < -0.4 is 9.38 Å². The Morgan fingerprint density at radius 2 is 1.94 bits per heavy atom. The fourth-order valence-electron chi connectivity index (χ4n) is 0.983. The summed E-state index contributed by atoms with van der Waals surface area (Å²) in [5, 5.41) is 0. The monoisotopic (exact) mass is 257 g/mol. The number of hydrogen-bond donors (Lipinski definition) is 1. The van der Waals surface area contributed by atoms with Crippen LogP contribution in [0.5, 0.6) is 5.75 Å². The Labute approximate surface area is 103 Å². The smallest absolute Gasteiger partial charge is 0.523 e. The van der Waals surface area contributed by atoms with Gasteiger partial charge in [0.25, 0.3) is 0 Å². The Morgan fingerprint density at radius 1 is 1.29 bits per heavy atom. The molecule has 5 nitrogen and oxygen atoms in total. The summed E-state index contributed by atoms with van der Waals surface area (Å²) in [6, 6.07) is 8.87. The predicted octanol–water partition coefficient (Wildman–Crippen LogP) is 0.839. The molecule has 0 spiro atoms. The molecular weight excluding hydrogens is 241 g/mol. The van der Waals surface area contributed by atoms with Crippen LogP contribution in [0.25, 0.3) is 0 Å². The van der Waals surface area contributed by atoms with Crippen molar-refractivity contribution in [3.8, 4) is 5.75 Å². The fourth-order valence-corrected chi connectivity index (χ4v) is 1.78. The molecule has 0 saturated heterocycles. The lowest BCUT2D eigenvalue weighted by Crippen LogP contribution is -2.31. The minimum absolute atomic E-state index is 0.225. The van der Waals surface area contributed by atoms with Gasteiger partial charge >= 0.3 is 18.0 Å². The minimum atomic E-state index is -3.72. The molecule has 0 unspecified atom stereocenters. The summed E-state index contributed by atoms with van der Waals surface area (Å²) in [5.41, 5.74) is 0. The quantitative estimate of drug-likeness (QED) is 0.735. The van der Waals surface area contributed by atoms with Crippen molar-refractivity contribution in [2.45, 2.75) is 13.8 Å². The summed E-state index contributed by atoms with van der Waals surface area (Å²) < 4.78 is 34.7. The van der Waals surface area contributed by atoms with Crippen LogP contribution >= 0.6 is 0 Å². The minimum Gasteiger partial charge on any atom is -0.538 e. The summed E-state index contributed by atoms with van der Waals surface area (Å²) in [4.78, 5) is 0. The highest BCUT2D eigenvalue weighted by Crippen LogP contribution is 2.07. The lowest BCUT2D eigenvalue weighted by molar-refractivity contribution is 0.426. The van der Waals surface area contributed by atoms with Gasteiger partial charge in [-0.1, -0.05) is 32.0 Å². The summed E-state index contributed by atoms with van der Waals surface area (Å²) in [7, 11) is -4.06. The van der Waals surface area contributed by atoms with Crippen molar-refractivity contribution in [2.75, 3.05) is 6.54 Å². The average Bonchev–Trinajstić information content (AvgIpc) is 2.28. The van der Waals surface area contributed by atoms with E-state index >= 15 is 0 Å². The van der Waals surface area contributed by atoms with Crippen LogP contribution in [0.1, 0.15) is 13.8 Å². The molecule has 0 saturated carbocycles. The first-order valence-electron chi connectivity index (χ1n) is 5.31. The van der Waals surface area contributed by atoms with Crippen molar-refractivity contribution < 1.29 is 17.2 Å². The van der Waals surface area contributed by atoms with Crippen molar-refractivity contribution in [3.63, 3.8) is 0 Å². The molecular formula is C10H16BNO4S. The summed E-state index contributed by atoms with van der Waals surface area (Å²) in [5.74, 6) is 0.787. The van der Waals surface area contributed by atoms with Gasteiger partial charge in [-0.2, -0.15) is 13.1 Å². The van der Waals surface area contributed by atoms with E-state index in [4.69, 9.17) is 4.65 Å². The van der Waals surface area contributed by atoms with Crippen molar-refractivity contribution in [1.82, 2.24) is 4.72 Å². The Hall–Kier alpha value is -1.05. The largest absolute Gasteiger partial charge is 0.538 e. The maximum atomic E-state index is 11.3. The molecule has 0 aliphatic carbocycles. The van der Waals surface area contributed by atoms with Gasteiger partial charge in [-0.25, -0.2) is 0 Å². The lowest BCUT2D eigenvalue weighted by atomic mass is 10.2. The highest BCUT2D eigenvalue weighted by molar-refractivity contribution is 7.85. The van der Waals surface area contributed by atoms with Gasteiger partial charge in [0.15, 0.2) is 0 Å². The molecule has 0 atom stereocenters. The fraction of sp³-hybridized carbons (Fsp3) is 0.400. The van der Waals surface area contributed by atoms with E-state index < -0.39 is 10.3 Å². The molecule has 17 heavy (non-hydrogen) atoms. The van der Waals surface area contributed by atoms with Crippen LogP contribution in [-0.4, -0.2) is 22.6 Å². The van der Waals surface area contributed by atoms with Gasteiger partial charge in [-0.3, -0.25) is 4.10 Å². The topological polar surface area (TPSA) is 64.6 Å². The molecule has 94 valence electrons. The van der Waals surface area contributed by atoms with Gasteiger partial charge in [-0.05, 0) is 18.1 Å². The van der Waals surface area contributed by atoms with E-state index in [9.17, 15) is 8.42 Å². The van der Waals surface area contributed by atoms with Crippen LogP contribution in [0.15, 0.2) is 30.3 Å². The summed E-state index contributed by atoms with van der Waals surface area (Å²) in [6.07, 6.45) is 0. The summed E-state index contributed by atoms with van der Waals surface area (Å²) >= 11 is 0. The number of nitrogens with one attached hydrogen (secondary N) is 1. The first-order valence-corrected chi connectivity index (χ1v) is 6.72. The zero-order valence-corrected chi connectivity index (χ0v) is 10.7. The second kappa shape index (κ2) is 6.63. The first-order chi connectivity index (χ1) is 7.99. The highest BCUT2D eigenvalue weighted by atomic mass is 32.2. The molecule has 0 amide bonds. The number of benzene rings is 1. The molecule has 7 heteroatoms. The van der Waals surface area contributed by atoms with Crippen LogP contribution in [0.3, 0.4) is 0 Å². The molecule has 0 aromatic heterocycles. The van der Waals surface area contributed by atoms with E-state index in [1.807, 2.05) is 19.9 Å². The van der Waals surface area contributed by atoms with Crippen LogP contribution in [0.4, 0.5) is 0 Å². The molecule has 0 aliphatic heterocycles. The number of rotatable bonds is 7. The first kappa shape index (κ1) is 14.0. The van der Waals surface area contributed by atoms with Gasteiger partial charge in [0.05, 0.1) is 0 Å². The van der Waals surface area contributed by atoms with Gasteiger partial charge in [-0.15, -0.1) is 0 Å².